The topological polar surface area (TPSA) is 632 Å². The van der Waals surface area contributed by atoms with Gasteiger partial charge in [0.2, 0.25) is 17.7 Å². The Hall–Kier alpha value is -12.7. The summed E-state index contributed by atoms with van der Waals surface area (Å²) < 4.78 is 24.4. The number of aliphatic carboxylic acids is 3. The molecule has 0 spiro atoms. The highest BCUT2D eigenvalue weighted by Crippen LogP contribution is 2.46. The van der Waals surface area contributed by atoms with Gasteiger partial charge in [-0.2, -0.15) is 4.79 Å². The van der Waals surface area contributed by atoms with Crippen molar-refractivity contribution in [3.05, 3.63) is 177 Å². The Morgan fingerprint density at radius 1 is 0.342 bits per heavy atom. The molecular weight excluding hydrogens is 1890 g/mol. The number of hydrogen-bond acceptors (Lipinski definition) is 21. The molecule has 6 rings (SSSR count). The lowest BCUT2D eigenvalue weighted by Crippen LogP contribution is -2.42. The van der Waals surface area contributed by atoms with Crippen LogP contribution in [0.3, 0.4) is 0 Å². The molecule has 0 aliphatic heterocycles. The number of nitrogens with one attached hydrogen (secondary N) is 4. The number of fused-ring (bicyclic) bond motifs is 6. The minimum atomic E-state index is -1.21. The van der Waals surface area contributed by atoms with Gasteiger partial charge in [0.1, 0.15) is 43.4 Å². The Morgan fingerprint density at radius 2 is 0.575 bits per heavy atom. The number of nitrogens with two attached hydrogens (primary N) is 1. The molecule has 146 heavy (non-hydrogen) atoms. The fourth-order valence-corrected chi connectivity index (χ4v) is 16.3. The van der Waals surface area contributed by atoms with Gasteiger partial charge in [0.05, 0.1) is 21.3 Å². The van der Waals surface area contributed by atoms with Crippen molar-refractivity contribution in [2.45, 2.75) is 384 Å². The minimum Gasteiger partial charge on any atom is -0.481 e. The molecule has 5 atom stereocenters. The van der Waals surface area contributed by atoms with Crippen LogP contribution < -0.4 is 27.0 Å². The van der Waals surface area contributed by atoms with Crippen LogP contribution in [0.5, 0.6) is 0 Å². The smallest absolute Gasteiger partial charge is 0.407 e. The summed E-state index contributed by atoms with van der Waals surface area (Å²) in [6.45, 7) is 13.8. The number of alkyl carbamates (subject to hydrolysis) is 2. The molecule has 0 aromatic heterocycles. The highest BCUT2D eigenvalue weighted by atomic mass is 28.3. The van der Waals surface area contributed by atoms with Crippen molar-refractivity contribution in [3.63, 3.8) is 0 Å². The molecule has 0 bridgehead atoms. The molecule has 0 unspecified atom stereocenters. The lowest BCUT2D eigenvalue weighted by atomic mass is 9.98. The number of methoxy groups -OCH3 is 3. The number of unbranched alkanes of at least 4 members (excludes halogenated alkanes) is 36. The minimum absolute atomic E-state index is 0.0103. The van der Waals surface area contributed by atoms with Crippen LogP contribution in [0.4, 0.5) is 9.59 Å². The van der Waals surface area contributed by atoms with E-state index in [0.717, 1.165) is 95.9 Å². The average Bonchev–Trinajstić information content (AvgIpc) is 1.62. The van der Waals surface area contributed by atoms with E-state index < -0.39 is 86.3 Å². The quantitative estimate of drug-likeness (QED) is 0.00297. The van der Waals surface area contributed by atoms with Crippen LogP contribution in [-0.2, 0) is 62.0 Å². The van der Waals surface area contributed by atoms with E-state index in [9.17, 15) is 47.9 Å². The van der Waals surface area contributed by atoms with E-state index in [0.29, 0.717) is 25.7 Å². The predicted octanol–water partition coefficient (Wildman–Crippen LogP) is 25.9. The number of esters is 3. The number of azide groups is 5. The number of amides is 4. The van der Waals surface area contributed by atoms with Gasteiger partial charge >= 0.3 is 48.0 Å². The second-order valence-electron chi connectivity index (χ2n) is 36.8. The van der Waals surface area contributed by atoms with Crippen molar-refractivity contribution < 1.29 is 91.7 Å². The van der Waals surface area contributed by atoms with Crippen LogP contribution in [0, 0.1) is 0 Å². The molecule has 4 aromatic carbocycles. The summed E-state index contributed by atoms with van der Waals surface area (Å²) >= 11 is 0. The molecule has 2 aliphatic rings. The number of carboxylic acid groups (broad SMARTS) is 3. The zero-order valence-electron chi connectivity index (χ0n) is 88.2. The van der Waals surface area contributed by atoms with Gasteiger partial charge in [0.25, 0.3) is 0 Å². The molecule has 0 radical (unpaired) electrons. The largest absolute Gasteiger partial charge is 0.481 e. The van der Waals surface area contributed by atoms with Gasteiger partial charge in [0, 0.05) is 88.4 Å². The van der Waals surface area contributed by atoms with Crippen LogP contribution in [0.1, 0.15) is 357 Å². The molecule has 0 fully saturated rings. The summed E-state index contributed by atoms with van der Waals surface area (Å²) in [6, 6.07) is 27.4. The van der Waals surface area contributed by atoms with E-state index in [4.69, 9.17) is 63.7 Å². The highest BCUT2D eigenvalue weighted by Gasteiger charge is 2.33. The SMILES string of the molecule is CCCCCCCCCCCCCCCC(=O)N[C@@H](CCN=[N+]=[N-])C(=O)O.CCCCCCCCCCCCCCCC(=O)N[C@@H](CCN=[N+]=[N-])C(=O)OC.CCCCCCCCCCCCCCCC(=O)O.COC(=O)[C@@H](N)CCN=[N+]=[N-].COC(=O)[C@H](CCN=[N+]=[N-])NC(=O)OCC1c2ccccc2-c2ccccc21.C[Si](C)(C)C=[N+]=[N-].[N-]=[N+]=NCC[C@H](NC(=O)OCC1c2ccccc2-c2ccccc21)C(=O)O. The fourth-order valence-electron chi connectivity index (χ4n) is 15.9. The van der Waals surface area contributed by atoms with E-state index in [1.807, 2.05) is 84.9 Å². The Morgan fingerprint density at radius 3 is 0.822 bits per heavy atom. The van der Waals surface area contributed by atoms with Crippen LogP contribution in [-0.4, -0.2) is 191 Å². The summed E-state index contributed by atoms with van der Waals surface area (Å²) in [6.07, 6.45) is 49.9. The Bertz CT molecular complexity index is 4550. The zero-order valence-corrected chi connectivity index (χ0v) is 89.2. The average molecular weight is 2050 g/mol. The summed E-state index contributed by atoms with van der Waals surface area (Å²) in [5, 5.41) is 53.2. The lowest BCUT2D eigenvalue weighted by molar-refractivity contribution is -0.145. The predicted molar refractivity (Wildman–Crippen MR) is 572 cm³/mol. The van der Waals surface area contributed by atoms with Gasteiger partial charge in [-0.1, -0.05) is 394 Å². The van der Waals surface area contributed by atoms with Crippen LogP contribution in [0.25, 0.3) is 80.0 Å². The van der Waals surface area contributed by atoms with E-state index in [-0.39, 0.29) is 95.3 Å². The van der Waals surface area contributed by atoms with Gasteiger partial charge in [-0.3, -0.25) is 19.2 Å². The maximum absolute atomic E-state index is 12.2. The van der Waals surface area contributed by atoms with E-state index in [1.165, 1.54) is 220 Å². The fraction of sp³-hybridized carbons (Fsp3) is 0.667. The summed E-state index contributed by atoms with van der Waals surface area (Å²) in [5.74, 6) is -3.52. The van der Waals surface area contributed by atoms with Crippen molar-refractivity contribution in [3.8, 4) is 22.3 Å². The number of carbonyl (C=O) groups is 10. The summed E-state index contributed by atoms with van der Waals surface area (Å²) in [4.78, 5) is 131. The molecule has 2 aliphatic carbocycles. The first-order valence-corrected chi connectivity index (χ1v) is 55.9. The maximum atomic E-state index is 12.2. The first-order chi connectivity index (χ1) is 70.6. The second kappa shape index (κ2) is 89.9. The third kappa shape index (κ3) is 67.8. The Kier molecular flexibility index (Phi) is 82.0. The van der Waals surface area contributed by atoms with Crippen LogP contribution in [0.2, 0.25) is 19.6 Å². The van der Waals surface area contributed by atoms with Crippen LogP contribution >= 0.6 is 0 Å². The normalized spacial score (nSPS) is 11.9. The number of carboxylic acids is 3. The molecule has 0 saturated carbocycles. The molecule has 4 aromatic rings. The summed E-state index contributed by atoms with van der Waals surface area (Å²) in [5.41, 5.74) is 63.2. The molecule has 40 nitrogen and oxygen atoms in total. The second-order valence-corrected chi connectivity index (χ2v) is 41.8. The van der Waals surface area contributed by atoms with E-state index >= 15 is 0 Å². The number of hydrogen-bond donors (Lipinski definition) is 8. The van der Waals surface area contributed by atoms with Gasteiger partial charge < -0.3 is 71.5 Å². The molecule has 810 valence electrons. The number of benzene rings is 4. The monoisotopic (exact) mass is 2050 g/mol. The van der Waals surface area contributed by atoms with Crippen molar-refractivity contribution in [1.82, 2.24) is 21.3 Å². The number of ether oxygens (including phenoxy) is 5. The summed E-state index contributed by atoms with van der Waals surface area (Å²) in [7, 11) is 2.56. The van der Waals surface area contributed by atoms with Gasteiger partial charge in [0.15, 0.2) is 8.07 Å². The van der Waals surface area contributed by atoms with Crippen molar-refractivity contribution in [2.24, 2.45) is 31.3 Å². The van der Waals surface area contributed by atoms with Crippen LogP contribution in [0.15, 0.2) is 123 Å². The first-order valence-electron chi connectivity index (χ1n) is 52.3. The first kappa shape index (κ1) is 133. The maximum Gasteiger partial charge on any atom is 0.407 e. The van der Waals surface area contributed by atoms with Crippen molar-refractivity contribution >= 4 is 73.7 Å². The third-order valence-corrected chi connectivity index (χ3v) is 24.8. The molecular formula is C105H168N22O18Si. The molecule has 4 amide bonds. The Labute approximate surface area is 864 Å². The number of nitrogens with zero attached hydrogens (tertiary/aromatic N) is 17. The third-order valence-electron chi connectivity index (χ3n) is 23.9. The van der Waals surface area contributed by atoms with Gasteiger partial charge in [-0.15, -0.1) is 0 Å². The van der Waals surface area contributed by atoms with Crippen molar-refractivity contribution in [2.75, 3.05) is 67.3 Å². The van der Waals surface area contributed by atoms with Crippen molar-refractivity contribution in [1.29, 1.82) is 0 Å². The molecule has 0 heterocycles. The van der Waals surface area contributed by atoms with E-state index in [1.54, 1.807) is 5.84 Å². The van der Waals surface area contributed by atoms with E-state index in [2.05, 4.69) is 143 Å². The highest BCUT2D eigenvalue weighted by molar-refractivity contribution is 6.98. The standard InChI is InChI=1S/C21H40N4O3.C20H20N4O4.C20H38N4O3.C19H18N4O4.C16H32O2.C5H10N4O2.C4H10N2Si/c1-3-4-5-6-7-8-9-10-11-12-13-14-15-16-20(26)24-19(21(27)28-2)17-18-23-25-22;1-27-19(25)18(10-11-22-24-21)23-20(26)28-12-17-15-8-4-2-6-13(15)14-7-3-5-9-16(14)17;1-2-3-4-5-6-7-8-9-10-11-12-13-14-15-19(25)23-18(20(26)27)16-17-22-24-21;20-23-21-10-9-17(18(24)25)22-19(26)27-11-16-14-7-3-1-5-12(14)13-6-2-4-8-15(13)16;1-2-3-4-5-6-7-8-9-10-11-12-13-14-15-16(17)18;1-11-5(10)4(6)2-3-8-9-7;1-7(2,3)4-6-5/h19H,3-18H2,1-2H3,(H,24,26);2-9,17-18H,10-12H2,1H3,(H,23,26);18H,2-17H2,1H3,(H,23,25)(H,26,27);1-8,16-17H,9-11H2,(H,22,26)(H,24,25);2-15H2,1H3,(H,17,18);4H,2-3,6H2,1H3;4H,1-3H3/t19-;2*18-;17-;;4-;/m0000.0./s1. The zero-order chi connectivity index (χ0) is 108. The number of carbonyl (C=O) groups excluding carboxylic acids is 7. The molecule has 9 N–H and O–H groups in total. The molecule has 0 saturated heterocycles. The lowest BCUT2D eigenvalue weighted by Gasteiger charge is -2.18. The van der Waals surface area contributed by atoms with Gasteiger partial charge in [-0.25, -0.2) is 28.8 Å². The number of rotatable bonds is 71. The molecule has 41 heteroatoms. The Balaban J connectivity index is 0.00000173. The van der Waals surface area contributed by atoms with Gasteiger partial charge in [-0.05, 0) is 124 Å².